The number of nitrogens with one attached hydrogen (secondary N) is 1. The Bertz CT molecular complexity index is 1070. The van der Waals surface area contributed by atoms with E-state index < -0.39 is 0 Å². The van der Waals surface area contributed by atoms with Crippen molar-refractivity contribution in [2.24, 2.45) is 0 Å². The molecule has 0 saturated carbocycles. The summed E-state index contributed by atoms with van der Waals surface area (Å²) in [4.78, 5) is 17.4. The van der Waals surface area contributed by atoms with Crippen LogP contribution in [0.4, 0.5) is 17.6 Å². The molecule has 0 aliphatic heterocycles. The summed E-state index contributed by atoms with van der Waals surface area (Å²) in [6.45, 7) is 1.77. The quantitative estimate of drug-likeness (QED) is 0.585. The van der Waals surface area contributed by atoms with E-state index in [2.05, 4.69) is 25.3 Å². The molecular formula is C18H17N7O. The van der Waals surface area contributed by atoms with Crippen LogP contribution in [0.1, 0.15) is 5.82 Å². The number of hydrogen-bond acceptors (Lipinski definition) is 7. The molecule has 0 spiro atoms. The van der Waals surface area contributed by atoms with Crippen LogP contribution in [-0.4, -0.2) is 31.6 Å². The summed E-state index contributed by atoms with van der Waals surface area (Å²) in [5.41, 5.74) is 8.33. The van der Waals surface area contributed by atoms with Crippen molar-refractivity contribution in [1.29, 1.82) is 0 Å². The first-order chi connectivity index (χ1) is 12.6. The average Bonchev–Trinajstić information content (AvgIpc) is 2.98. The van der Waals surface area contributed by atoms with Crippen LogP contribution >= 0.6 is 0 Å². The maximum Gasteiger partial charge on any atom is 0.242 e. The van der Waals surface area contributed by atoms with E-state index in [9.17, 15) is 0 Å². The second kappa shape index (κ2) is 6.32. The van der Waals surface area contributed by atoms with E-state index in [4.69, 9.17) is 10.5 Å². The summed E-state index contributed by atoms with van der Waals surface area (Å²) < 4.78 is 7.10. The molecule has 0 aliphatic carbocycles. The molecule has 8 heteroatoms. The third-order valence-corrected chi connectivity index (χ3v) is 3.84. The minimum absolute atomic E-state index is 0.164. The summed E-state index contributed by atoms with van der Waals surface area (Å²) >= 11 is 0. The lowest BCUT2D eigenvalue weighted by Gasteiger charge is -2.11. The summed E-state index contributed by atoms with van der Waals surface area (Å²) in [5, 5.41) is 3.30. The molecule has 0 aliphatic rings. The number of rotatable bonds is 4. The van der Waals surface area contributed by atoms with Crippen LogP contribution in [0, 0.1) is 6.92 Å². The van der Waals surface area contributed by atoms with Crippen molar-refractivity contribution >= 4 is 28.6 Å². The van der Waals surface area contributed by atoms with E-state index in [1.54, 1.807) is 14.0 Å². The van der Waals surface area contributed by atoms with Crippen LogP contribution in [0.3, 0.4) is 0 Å². The van der Waals surface area contributed by atoms with Crippen LogP contribution in [0.15, 0.2) is 48.5 Å². The molecule has 2 heterocycles. The molecule has 0 fully saturated rings. The molecule has 0 atom stereocenters. The SMILES string of the molecule is COc1cccc(Nc2nc3ccccc3n2-c2nc(C)nc(N)n2)c1. The van der Waals surface area contributed by atoms with Gasteiger partial charge in [-0.2, -0.15) is 15.0 Å². The minimum Gasteiger partial charge on any atom is -0.497 e. The van der Waals surface area contributed by atoms with Crippen LogP contribution in [0.5, 0.6) is 5.75 Å². The third-order valence-electron chi connectivity index (χ3n) is 3.84. The number of benzene rings is 2. The van der Waals surface area contributed by atoms with Crippen molar-refractivity contribution in [3.8, 4) is 11.7 Å². The van der Waals surface area contributed by atoms with Gasteiger partial charge in [0.2, 0.25) is 17.8 Å². The summed E-state index contributed by atoms with van der Waals surface area (Å²) in [6, 6.07) is 15.4. The Labute approximate surface area is 149 Å². The lowest BCUT2D eigenvalue weighted by molar-refractivity contribution is 0.415. The van der Waals surface area contributed by atoms with Crippen molar-refractivity contribution in [2.75, 3.05) is 18.2 Å². The molecule has 4 rings (SSSR count). The van der Waals surface area contributed by atoms with E-state index in [0.29, 0.717) is 17.7 Å². The number of fused-ring (bicyclic) bond motifs is 1. The monoisotopic (exact) mass is 347 g/mol. The van der Waals surface area contributed by atoms with Crippen molar-refractivity contribution in [3.05, 3.63) is 54.4 Å². The summed E-state index contributed by atoms with van der Waals surface area (Å²) in [5.74, 6) is 2.44. The van der Waals surface area contributed by atoms with E-state index >= 15 is 0 Å². The van der Waals surface area contributed by atoms with Crippen LogP contribution < -0.4 is 15.8 Å². The normalized spacial score (nSPS) is 10.8. The number of para-hydroxylation sites is 2. The number of ether oxygens (including phenoxy) is 1. The molecule has 2 aromatic heterocycles. The van der Waals surface area contributed by atoms with Gasteiger partial charge in [0.15, 0.2) is 0 Å². The fourth-order valence-electron chi connectivity index (χ4n) is 2.73. The fourth-order valence-corrected chi connectivity index (χ4v) is 2.73. The summed E-state index contributed by atoms with van der Waals surface area (Å²) in [6.07, 6.45) is 0. The van der Waals surface area contributed by atoms with Crippen LogP contribution in [0.25, 0.3) is 17.0 Å². The number of anilines is 3. The largest absolute Gasteiger partial charge is 0.497 e. The number of nitrogens with zero attached hydrogens (tertiary/aromatic N) is 5. The Hall–Kier alpha value is -3.68. The van der Waals surface area contributed by atoms with Crippen LogP contribution in [-0.2, 0) is 0 Å². The number of methoxy groups -OCH3 is 1. The van der Waals surface area contributed by atoms with E-state index in [-0.39, 0.29) is 5.95 Å². The Morgan fingerprint density at radius 2 is 1.85 bits per heavy atom. The maximum atomic E-state index is 5.82. The lowest BCUT2D eigenvalue weighted by Crippen LogP contribution is -2.10. The number of nitrogens with two attached hydrogens (primary N) is 1. The van der Waals surface area contributed by atoms with Crippen molar-refractivity contribution in [3.63, 3.8) is 0 Å². The molecule has 0 radical (unpaired) electrons. The zero-order chi connectivity index (χ0) is 18.1. The first-order valence-corrected chi connectivity index (χ1v) is 8.01. The Balaban J connectivity index is 1.88. The molecule has 2 aromatic carbocycles. The van der Waals surface area contributed by atoms with E-state index in [1.165, 1.54) is 0 Å². The van der Waals surface area contributed by atoms with Gasteiger partial charge < -0.3 is 15.8 Å². The highest BCUT2D eigenvalue weighted by atomic mass is 16.5. The van der Waals surface area contributed by atoms with E-state index in [0.717, 1.165) is 22.5 Å². The number of nitrogen functional groups attached to an aromatic ring is 1. The second-order valence-electron chi connectivity index (χ2n) is 5.66. The number of hydrogen-bond donors (Lipinski definition) is 2. The molecule has 0 bridgehead atoms. The smallest absolute Gasteiger partial charge is 0.242 e. The third kappa shape index (κ3) is 2.88. The fraction of sp³-hybridized carbons (Fsp3) is 0.111. The topological polar surface area (TPSA) is 104 Å². The number of aromatic nitrogens is 5. The first-order valence-electron chi connectivity index (χ1n) is 8.01. The highest BCUT2D eigenvalue weighted by molar-refractivity contribution is 5.81. The molecule has 3 N–H and O–H groups in total. The molecule has 26 heavy (non-hydrogen) atoms. The number of imidazole rings is 1. The predicted octanol–water partition coefficient (Wildman–Crippen LogP) is 2.85. The van der Waals surface area contributed by atoms with Gasteiger partial charge in [-0.05, 0) is 31.2 Å². The Kier molecular flexibility index (Phi) is 3.85. The van der Waals surface area contributed by atoms with Crippen molar-refractivity contribution < 1.29 is 4.74 Å². The highest BCUT2D eigenvalue weighted by Gasteiger charge is 2.16. The molecule has 0 unspecified atom stereocenters. The standard InChI is InChI=1S/C18H17N7O/c1-11-20-16(19)24-17(21-11)25-15-9-4-3-8-14(15)23-18(25)22-12-6-5-7-13(10-12)26-2/h3-10H,1-2H3,(H,22,23)(H2,19,20,21,24). The van der Waals surface area contributed by atoms with Gasteiger partial charge in [-0.15, -0.1) is 0 Å². The van der Waals surface area contributed by atoms with Gasteiger partial charge in [0.05, 0.1) is 18.1 Å². The van der Waals surface area contributed by atoms with Crippen molar-refractivity contribution in [2.45, 2.75) is 6.92 Å². The zero-order valence-corrected chi connectivity index (χ0v) is 14.3. The van der Waals surface area contributed by atoms with Gasteiger partial charge >= 0.3 is 0 Å². The minimum atomic E-state index is 0.164. The predicted molar refractivity (Wildman–Crippen MR) is 99.9 cm³/mol. The lowest BCUT2D eigenvalue weighted by atomic mass is 10.3. The highest BCUT2D eigenvalue weighted by Crippen LogP contribution is 2.27. The molecule has 8 nitrogen and oxygen atoms in total. The molecule has 0 amide bonds. The van der Waals surface area contributed by atoms with Gasteiger partial charge in [-0.1, -0.05) is 18.2 Å². The molecule has 4 aromatic rings. The van der Waals surface area contributed by atoms with Crippen LogP contribution in [0.2, 0.25) is 0 Å². The average molecular weight is 347 g/mol. The second-order valence-corrected chi connectivity index (χ2v) is 5.66. The van der Waals surface area contributed by atoms with Gasteiger partial charge in [-0.3, -0.25) is 0 Å². The summed E-state index contributed by atoms with van der Waals surface area (Å²) in [7, 11) is 1.63. The molecule has 130 valence electrons. The Morgan fingerprint density at radius 1 is 1.00 bits per heavy atom. The molecule has 0 saturated heterocycles. The number of aryl methyl sites for hydroxylation is 1. The van der Waals surface area contributed by atoms with Gasteiger partial charge in [0, 0.05) is 11.8 Å². The van der Waals surface area contributed by atoms with E-state index in [1.807, 2.05) is 53.1 Å². The molecular weight excluding hydrogens is 330 g/mol. The Morgan fingerprint density at radius 3 is 2.65 bits per heavy atom. The zero-order valence-electron chi connectivity index (χ0n) is 14.3. The van der Waals surface area contributed by atoms with Gasteiger partial charge in [-0.25, -0.2) is 9.55 Å². The maximum absolute atomic E-state index is 5.82. The first kappa shape index (κ1) is 15.8. The van der Waals surface area contributed by atoms with Gasteiger partial charge in [0.1, 0.15) is 11.6 Å². The van der Waals surface area contributed by atoms with Gasteiger partial charge in [0.25, 0.3) is 0 Å². The van der Waals surface area contributed by atoms with Crippen molar-refractivity contribution in [1.82, 2.24) is 24.5 Å².